The number of nitro benzene ring substituents is 1. The fraction of sp³-hybridized carbons (Fsp3) is 0.368. The van der Waals surface area contributed by atoms with Crippen LogP contribution in [0.3, 0.4) is 0 Å². The Morgan fingerprint density at radius 2 is 1.53 bits per heavy atom. The summed E-state index contributed by atoms with van der Waals surface area (Å²) in [6.07, 6.45) is 3.65. The van der Waals surface area contributed by atoms with Crippen LogP contribution in [0.5, 0.6) is 0 Å². The van der Waals surface area contributed by atoms with Crippen molar-refractivity contribution in [2.75, 3.05) is 17.8 Å². The van der Waals surface area contributed by atoms with Crippen LogP contribution < -0.4 is 4.72 Å². The van der Waals surface area contributed by atoms with Crippen LogP contribution >= 0.6 is 0 Å². The van der Waals surface area contributed by atoms with Crippen LogP contribution in [0.25, 0.3) is 0 Å². The van der Waals surface area contributed by atoms with Gasteiger partial charge in [-0.2, -0.15) is 4.31 Å². The first-order valence-electron chi connectivity index (χ1n) is 9.49. The van der Waals surface area contributed by atoms with E-state index in [1.54, 1.807) is 0 Å². The summed E-state index contributed by atoms with van der Waals surface area (Å²) in [5.74, 6) is 0. The number of nitrogens with one attached hydrogen (secondary N) is 1. The molecule has 162 valence electrons. The van der Waals surface area contributed by atoms with E-state index in [-0.39, 0.29) is 21.2 Å². The minimum absolute atomic E-state index is 0.0962. The van der Waals surface area contributed by atoms with Gasteiger partial charge in [-0.15, -0.1) is 0 Å². The van der Waals surface area contributed by atoms with Crippen LogP contribution in [0.15, 0.2) is 52.3 Å². The SMILES string of the molecule is Cc1ccc([N+](=O)[O-])cc1S(=O)(=O)Nc1ccc(S(=O)(=O)N2CCCCCC2)cc1. The summed E-state index contributed by atoms with van der Waals surface area (Å²) in [7, 11) is -7.73. The number of nitro groups is 1. The number of rotatable bonds is 6. The second kappa shape index (κ2) is 8.70. The average molecular weight is 454 g/mol. The minimum atomic E-state index is -4.09. The Morgan fingerprint density at radius 3 is 2.10 bits per heavy atom. The molecule has 0 aliphatic carbocycles. The highest BCUT2D eigenvalue weighted by molar-refractivity contribution is 7.92. The van der Waals surface area contributed by atoms with Crippen LogP contribution in [-0.4, -0.2) is 39.2 Å². The number of hydrogen-bond donors (Lipinski definition) is 1. The molecule has 1 N–H and O–H groups in total. The van der Waals surface area contributed by atoms with Gasteiger partial charge in [0.05, 0.1) is 14.7 Å². The normalized spacial score (nSPS) is 16.0. The van der Waals surface area contributed by atoms with Gasteiger partial charge in [-0.05, 0) is 49.6 Å². The van der Waals surface area contributed by atoms with Crippen molar-refractivity contribution in [3.63, 3.8) is 0 Å². The highest BCUT2D eigenvalue weighted by Gasteiger charge is 2.25. The summed E-state index contributed by atoms with van der Waals surface area (Å²) in [6, 6.07) is 9.05. The molecule has 1 fully saturated rings. The first-order chi connectivity index (χ1) is 14.1. The summed E-state index contributed by atoms with van der Waals surface area (Å²) < 4.78 is 54.9. The van der Waals surface area contributed by atoms with Crippen LogP contribution in [-0.2, 0) is 20.0 Å². The summed E-state index contributed by atoms with van der Waals surface area (Å²) in [4.78, 5) is 10.2. The molecule has 0 atom stereocenters. The van der Waals surface area contributed by atoms with Crippen LogP contribution in [0.2, 0.25) is 0 Å². The molecule has 0 unspecified atom stereocenters. The van der Waals surface area contributed by atoms with Gasteiger partial charge in [0.2, 0.25) is 10.0 Å². The molecule has 0 spiro atoms. The van der Waals surface area contributed by atoms with E-state index in [0.717, 1.165) is 31.7 Å². The number of aryl methyl sites for hydroxylation is 1. The van der Waals surface area contributed by atoms with E-state index >= 15 is 0 Å². The van der Waals surface area contributed by atoms with E-state index < -0.39 is 25.0 Å². The zero-order chi connectivity index (χ0) is 21.9. The lowest BCUT2D eigenvalue weighted by atomic mass is 10.2. The second-order valence-corrected chi connectivity index (χ2v) is 10.7. The smallest absolute Gasteiger partial charge is 0.270 e. The molecule has 0 amide bonds. The standard InChI is InChI=1S/C19H23N3O6S2/c1-15-6-9-17(22(23)24)14-19(15)29(25,26)20-16-7-10-18(11-8-16)30(27,28)21-12-4-2-3-5-13-21/h6-11,14,20H,2-5,12-13H2,1H3. The lowest BCUT2D eigenvalue weighted by Gasteiger charge is -2.20. The Bertz CT molecular complexity index is 1140. The summed E-state index contributed by atoms with van der Waals surface area (Å²) in [6.45, 7) is 2.49. The van der Waals surface area contributed by atoms with Crippen molar-refractivity contribution >= 4 is 31.4 Å². The number of anilines is 1. The monoisotopic (exact) mass is 453 g/mol. The number of non-ortho nitro benzene ring substituents is 1. The van der Waals surface area contributed by atoms with Crippen molar-refractivity contribution in [2.45, 2.75) is 42.4 Å². The van der Waals surface area contributed by atoms with Gasteiger partial charge in [0.25, 0.3) is 15.7 Å². The van der Waals surface area contributed by atoms with Crippen LogP contribution in [0.4, 0.5) is 11.4 Å². The lowest BCUT2D eigenvalue weighted by Crippen LogP contribution is -2.31. The van der Waals surface area contributed by atoms with E-state index in [9.17, 15) is 26.9 Å². The Morgan fingerprint density at radius 1 is 0.933 bits per heavy atom. The van der Waals surface area contributed by atoms with Crippen LogP contribution in [0, 0.1) is 17.0 Å². The molecule has 1 saturated heterocycles. The first-order valence-corrected chi connectivity index (χ1v) is 12.4. The molecule has 3 rings (SSSR count). The number of nitrogens with zero attached hydrogens (tertiary/aromatic N) is 2. The minimum Gasteiger partial charge on any atom is -0.280 e. The van der Waals surface area contributed by atoms with E-state index in [1.807, 2.05) is 0 Å². The first kappa shape index (κ1) is 22.2. The van der Waals surface area contributed by atoms with Gasteiger partial charge >= 0.3 is 0 Å². The number of hydrogen-bond acceptors (Lipinski definition) is 6. The highest BCUT2D eigenvalue weighted by Crippen LogP contribution is 2.26. The molecule has 1 aliphatic heterocycles. The van der Waals surface area contributed by atoms with Gasteiger partial charge in [0.1, 0.15) is 0 Å². The van der Waals surface area contributed by atoms with Gasteiger partial charge in [-0.25, -0.2) is 16.8 Å². The molecular weight excluding hydrogens is 430 g/mol. The number of sulfonamides is 2. The molecule has 0 saturated carbocycles. The Hall–Kier alpha value is -2.50. The maximum absolute atomic E-state index is 12.8. The fourth-order valence-electron chi connectivity index (χ4n) is 3.33. The average Bonchev–Trinajstić information content (AvgIpc) is 2.98. The van der Waals surface area contributed by atoms with Gasteiger partial charge in [0.15, 0.2) is 0 Å². The summed E-state index contributed by atoms with van der Waals surface area (Å²) >= 11 is 0. The third kappa shape index (κ3) is 4.79. The molecule has 2 aromatic rings. The third-order valence-corrected chi connectivity index (χ3v) is 8.42. The predicted molar refractivity (Wildman–Crippen MR) is 112 cm³/mol. The van der Waals surface area contributed by atoms with E-state index in [4.69, 9.17) is 0 Å². The van der Waals surface area contributed by atoms with Gasteiger partial charge in [-0.1, -0.05) is 18.9 Å². The third-order valence-electron chi connectivity index (χ3n) is 4.98. The maximum atomic E-state index is 12.8. The van der Waals surface area contributed by atoms with Crippen molar-refractivity contribution < 1.29 is 21.8 Å². The topological polar surface area (TPSA) is 127 Å². The Balaban J connectivity index is 1.83. The van der Waals surface area contributed by atoms with E-state index in [2.05, 4.69) is 4.72 Å². The molecule has 0 aromatic heterocycles. The van der Waals surface area contributed by atoms with Crippen LogP contribution in [0.1, 0.15) is 31.2 Å². The van der Waals surface area contributed by atoms with Crippen molar-refractivity contribution in [3.8, 4) is 0 Å². The predicted octanol–water partition coefficient (Wildman–Crippen LogP) is 3.27. The van der Waals surface area contributed by atoms with Gasteiger partial charge in [-0.3, -0.25) is 14.8 Å². The second-order valence-electron chi connectivity index (χ2n) is 7.16. The van der Waals surface area contributed by atoms with Gasteiger partial charge in [0, 0.05) is 30.9 Å². The van der Waals surface area contributed by atoms with E-state index in [0.29, 0.717) is 18.7 Å². The molecule has 30 heavy (non-hydrogen) atoms. The maximum Gasteiger partial charge on any atom is 0.270 e. The Labute approximate surface area is 176 Å². The lowest BCUT2D eigenvalue weighted by molar-refractivity contribution is -0.385. The Kier molecular flexibility index (Phi) is 6.44. The molecule has 2 aromatic carbocycles. The van der Waals surface area contributed by atoms with Crippen molar-refractivity contribution in [1.29, 1.82) is 0 Å². The largest absolute Gasteiger partial charge is 0.280 e. The summed E-state index contributed by atoms with van der Waals surface area (Å²) in [5, 5.41) is 11.0. The molecule has 0 radical (unpaired) electrons. The molecule has 1 aliphatic rings. The zero-order valence-electron chi connectivity index (χ0n) is 16.4. The molecule has 0 bridgehead atoms. The van der Waals surface area contributed by atoms with Gasteiger partial charge < -0.3 is 0 Å². The van der Waals surface area contributed by atoms with Crippen molar-refractivity contribution in [1.82, 2.24) is 4.31 Å². The number of benzene rings is 2. The highest BCUT2D eigenvalue weighted by atomic mass is 32.2. The van der Waals surface area contributed by atoms with Crippen molar-refractivity contribution in [3.05, 3.63) is 58.1 Å². The quantitative estimate of drug-likeness (QED) is 0.528. The zero-order valence-corrected chi connectivity index (χ0v) is 18.1. The molecule has 11 heteroatoms. The molecule has 9 nitrogen and oxygen atoms in total. The van der Waals surface area contributed by atoms with Crippen molar-refractivity contribution in [2.24, 2.45) is 0 Å². The summed E-state index contributed by atoms with van der Waals surface area (Å²) in [5.41, 5.74) is 0.184. The van der Waals surface area contributed by atoms with E-state index in [1.165, 1.54) is 47.6 Å². The molecular formula is C19H23N3O6S2. The fourth-order valence-corrected chi connectivity index (χ4v) is 6.17. The molecule has 1 heterocycles.